The lowest BCUT2D eigenvalue weighted by molar-refractivity contribution is -0.137. The van der Waals surface area contributed by atoms with Crippen LogP contribution in [0.15, 0.2) is 23.1 Å². The fourth-order valence-electron chi connectivity index (χ4n) is 2.51. The summed E-state index contributed by atoms with van der Waals surface area (Å²) in [6.45, 7) is 0.312. The lowest BCUT2D eigenvalue weighted by Gasteiger charge is -2.23. The lowest BCUT2D eigenvalue weighted by Crippen LogP contribution is -2.37. The van der Waals surface area contributed by atoms with Crippen molar-refractivity contribution in [3.8, 4) is 5.75 Å². The molecule has 0 radical (unpaired) electrons. The van der Waals surface area contributed by atoms with Gasteiger partial charge in [0.05, 0.1) is 13.5 Å². The molecule has 0 amide bonds. The molecule has 1 saturated heterocycles. The second kappa shape index (κ2) is 6.21. The normalized spacial score (nSPS) is 19.6. The van der Waals surface area contributed by atoms with E-state index in [0.29, 0.717) is 24.4 Å². The van der Waals surface area contributed by atoms with Gasteiger partial charge in [-0.05, 0) is 25.0 Å². The first-order valence-corrected chi connectivity index (χ1v) is 8.25. The van der Waals surface area contributed by atoms with Crippen LogP contribution < -0.4 is 4.74 Å². The summed E-state index contributed by atoms with van der Waals surface area (Å²) in [6, 6.07) is 3.76. The highest BCUT2D eigenvalue weighted by Gasteiger charge is 2.37. The van der Waals surface area contributed by atoms with Gasteiger partial charge in [-0.2, -0.15) is 4.31 Å². The van der Waals surface area contributed by atoms with Crippen LogP contribution in [0.25, 0.3) is 0 Å². The van der Waals surface area contributed by atoms with Crippen LogP contribution in [-0.4, -0.2) is 43.5 Å². The topological polar surface area (TPSA) is 83.9 Å². The van der Waals surface area contributed by atoms with Crippen LogP contribution >= 0.6 is 11.6 Å². The zero-order valence-electron chi connectivity index (χ0n) is 11.5. The molecule has 0 saturated carbocycles. The van der Waals surface area contributed by atoms with Gasteiger partial charge in [0.15, 0.2) is 0 Å². The predicted molar refractivity (Wildman–Crippen MR) is 77.2 cm³/mol. The number of halogens is 1. The third kappa shape index (κ3) is 3.30. The van der Waals surface area contributed by atoms with Crippen molar-refractivity contribution in [2.24, 2.45) is 0 Å². The Morgan fingerprint density at radius 1 is 1.52 bits per heavy atom. The molecule has 6 nitrogen and oxygen atoms in total. The minimum Gasteiger partial charge on any atom is -0.495 e. The number of hydrogen-bond donors (Lipinski definition) is 1. The number of sulfonamides is 1. The first-order valence-electron chi connectivity index (χ1n) is 6.43. The first-order chi connectivity index (χ1) is 9.86. The predicted octanol–water partition coefficient (Wildman–Crippen LogP) is 1.98. The molecule has 8 heteroatoms. The second-order valence-electron chi connectivity index (χ2n) is 4.80. The summed E-state index contributed by atoms with van der Waals surface area (Å²) in [5.41, 5.74) is 0. The zero-order chi connectivity index (χ0) is 15.6. The summed E-state index contributed by atoms with van der Waals surface area (Å²) in [5, 5.41) is 9.27. The van der Waals surface area contributed by atoms with Gasteiger partial charge in [0.25, 0.3) is 0 Å². The molecule has 0 aliphatic carbocycles. The summed E-state index contributed by atoms with van der Waals surface area (Å²) < 4.78 is 31.8. The van der Waals surface area contributed by atoms with Gasteiger partial charge in [-0.1, -0.05) is 11.6 Å². The van der Waals surface area contributed by atoms with Crippen LogP contribution in [-0.2, 0) is 14.8 Å². The minimum absolute atomic E-state index is 0.00619. The average molecular weight is 334 g/mol. The minimum atomic E-state index is -3.81. The van der Waals surface area contributed by atoms with E-state index in [9.17, 15) is 13.2 Å². The largest absolute Gasteiger partial charge is 0.495 e. The Balaban J connectivity index is 2.39. The molecule has 1 aromatic rings. The third-order valence-electron chi connectivity index (χ3n) is 3.45. The van der Waals surface area contributed by atoms with Gasteiger partial charge < -0.3 is 9.84 Å². The van der Waals surface area contributed by atoms with Crippen molar-refractivity contribution in [3.63, 3.8) is 0 Å². The highest BCUT2D eigenvalue weighted by Crippen LogP contribution is 2.33. The molecule has 1 fully saturated rings. The molecule has 1 aromatic carbocycles. The second-order valence-corrected chi connectivity index (χ2v) is 7.10. The molecule has 2 rings (SSSR count). The highest BCUT2D eigenvalue weighted by molar-refractivity contribution is 7.89. The number of methoxy groups -OCH3 is 1. The van der Waals surface area contributed by atoms with Crippen molar-refractivity contribution in [2.75, 3.05) is 13.7 Å². The number of nitrogens with zero attached hydrogens (tertiary/aromatic N) is 1. The Morgan fingerprint density at radius 3 is 2.86 bits per heavy atom. The molecule has 116 valence electrons. The quantitative estimate of drug-likeness (QED) is 0.890. The number of hydrogen-bond acceptors (Lipinski definition) is 4. The van der Waals surface area contributed by atoms with Crippen LogP contribution in [0.3, 0.4) is 0 Å². The fraction of sp³-hybridized carbons (Fsp3) is 0.462. The monoisotopic (exact) mass is 333 g/mol. The van der Waals surface area contributed by atoms with E-state index in [-0.39, 0.29) is 17.1 Å². The van der Waals surface area contributed by atoms with E-state index >= 15 is 0 Å². The number of benzene rings is 1. The third-order valence-corrected chi connectivity index (χ3v) is 5.67. The van der Waals surface area contributed by atoms with Crippen molar-refractivity contribution in [3.05, 3.63) is 23.2 Å². The Kier molecular flexibility index (Phi) is 4.75. The van der Waals surface area contributed by atoms with E-state index in [4.69, 9.17) is 21.4 Å². The molecule has 1 aliphatic rings. The van der Waals surface area contributed by atoms with Crippen molar-refractivity contribution in [2.45, 2.75) is 30.2 Å². The molecule has 0 aromatic heterocycles. The zero-order valence-corrected chi connectivity index (χ0v) is 13.0. The van der Waals surface area contributed by atoms with Crippen molar-refractivity contribution in [1.29, 1.82) is 0 Å². The van der Waals surface area contributed by atoms with Crippen molar-refractivity contribution >= 4 is 27.6 Å². The maximum absolute atomic E-state index is 12.7. The Hall–Kier alpha value is -1.31. The van der Waals surface area contributed by atoms with E-state index < -0.39 is 22.0 Å². The van der Waals surface area contributed by atoms with E-state index in [0.717, 1.165) is 0 Å². The van der Waals surface area contributed by atoms with Crippen molar-refractivity contribution in [1.82, 2.24) is 4.31 Å². The van der Waals surface area contributed by atoms with Gasteiger partial charge in [0, 0.05) is 23.7 Å². The SMILES string of the molecule is COc1cc(Cl)ccc1S(=O)(=O)N1CCCC1CC(=O)O. The maximum atomic E-state index is 12.7. The smallest absolute Gasteiger partial charge is 0.304 e. The number of carboxylic acids is 1. The summed E-state index contributed by atoms with van der Waals surface area (Å²) >= 11 is 5.84. The van der Waals surface area contributed by atoms with E-state index in [1.54, 1.807) is 0 Å². The summed E-state index contributed by atoms with van der Waals surface area (Å²) in [4.78, 5) is 10.9. The van der Waals surface area contributed by atoms with Gasteiger partial charge >= 0.3 is 5.97 Å². The van der Waals surface area contributed by atoms with Gasteiger partial charge in [-0.3, -0.25) is 4.79 Å². The first kappa shape index (κ1) is 16.1. The number of rotatable bonds is 5. The standard InChI is InChI=1S/C13H16ClNO5S/c1-20-11-7-9(14)4-5-12(11)21(18,19)15-6-2-3-10(15)8-13(16)17/h4-5,7,10H,2-3,6,8H2,1H3,(H,16,17). The van der Waals surface area contributed by atoms with Gasteiger partial charge in [-0.25, -0.2) is 8.42 Å². The molecule has 21 heavy (non-hydrogen) atoms. The van der Waals surface area contributed by atoms with E-state index in [1.807, 2.05) is 0 Å². The Morgan fingerprint density at radius 2 is 2.24 bits per heavy atom. The number of carboxylic acid groups (broad SMARTS) is 1. The summed E-state index contributed by atoms with van der Waals surface area (Å²) in [6.07, 6.45) is 0.990. The highest BCUT2D eigenvalue weighted by atomic mass is 35.5. The van der Waals surface area contributed by atoms with Crippen LogP contribution in [0.4, 0.5) is 0 Å². The number of carbonyl (C=O) groups is 1. The Bertz CT molecular complexity index is 646. The fourth-order valence-corrected chi connectivity index (χ4v) is 4.51. The van der Waals surface area contributed by atoms with E-state index in [2.05, 4.69) is 0 Å². The maximum Gasteiger partial charge on any atom is 0.304 e. The molecule has 0 spiro atoms. The lowest BCUT2D eigenvalue weighted by atomic mass is 10.2. The average Bonchev–Trinajstić information content (AvgIpc) is 2.86. The van der Waals surface area contributed by atoms with Crippen LogP contribution in [0.5, 0.6) is 5.75 Å². The van der Waals surface area contributed by atoms with Crippen molar-refractivity contribution < 1.29 is 23.1 Å². The van der Waals surface area contributed by atoms with Gasteiger partial charge in [-0.15, -0.1) is 0 Å². The molecular formula is C13H16ClNO5S. The van der Waals surface area contributed by atoms with E-state index in [1.165, 1.54) is 29.6 Å². The number of ether oxygens (including phenoxy) is 1. The van der Waals surface area contributed by atoms with Crippen LogP contribution in [0.2, 0.25) is 5.02 Å². The Labute approximate surface area is 128 Å². The summed E-state index contributed by atoms with van der Waals surface area (Å²) in [5.74, 6) is -0.853. The summed E-state index contributed by atoms with van der Waals surface area (Å²) in [7, 11) is -2.44. The molecular weight excluding hydrogens is 318 g/mol. The molecule has 0 bridgehead atoms. The van der Waals surface area contributed by atoms with Crippen LogP contribution in [0, 0.1) is 0 Å². The van der Waals surface area contributed by atoms with Gasteiger partial charge in [0.1, 0.15) is 10.6 Å². The van der Waals surface area contributed by atoms with Crippen LogP contribution in [0.1, 0.15) is 19.3 Å². The molecule has 1 atom stereocenters. The molecule has 1 aliphatic heterocycles. The molecule has 1 N–H and O–H groups in total. The molecule has 1 unspecified atom stereocenters. The number of aliphatic carboxylic acids is 1. The van der Waals surface area contributed by atoms with Gasteiger partial charge in [0.2, 0.25) is 10.0 Å². The molecule has 1 heterocycles.